The zero-order chi connectivity index (χ0) is 19.3. The van der Waals surface area contributed by atoms with Crippen LogP contribution in [-0.4, -0.2) is 34.0 Å². The van der Waals surface area contributed by atoms with Crippen LogP contribution < -0.4 is 14.8 Å². The molecule has 3 rings (SSSR count). The van der Waals surface area contributed by atoms with E-state index in [2.05, 4.69) is 10.0 Å². The van der Waals surface area contributed by atoms with E-state index < -0.39 is 10.0 Å². The van der Waals surface area contributed by atoms with E-state index in [1.807, 2.05) is 31.2 Å². The minimum Gasteiger partial charge on any atom is -0.492 e. The maximum absolute atomic E-state index is 12.3. The first-order valence-corrected chi connectivity index (χ1v) is 10.5. The molecule has 0 radical (unpaired) electrons. The summed E-state index contributed by atoms with van der Waals surface area (Å²) in [6, 6.07) is 14.4. The Labute approximate surface area is 160 Å². The van der Waals surface area contributed by atoms with Gasteiger partial charge in [-0.05, 0) is 43.5 Å². The molecule has 0 spiro atoms. The van der Waals surface area contributed by atoms with Gasteiger partial charge >= 0.3 is 0 Å². The van der Waals surface area contributed by atoms with E-state index in [1.54, 1.807) is 24.3 Å². The number of sulfonamides is 1. The molecule has 2 aromatic carbocycles. The third kappa shape index (κ3) is 5.08. The minimum absolute atomic E-state index is 0.0640. The van der Waals surface area contributed by atoms with Crippen LogP contribution in [0.4, 0.5) is 0 Å². The van der Waals surface area contributed by atoms with Crippen LogP contribution >= 0.6 is 0 Å². The predicted molar refractivity (Wildman–Crippen MR) is 103 cm³/mol. The summed E-state index contributed by atoms with van der Waals surface area (Å²) in [5.41, 5.74) is 2.04. The van der Waals surface area contributed by atoms with Crippen LogP contribution in [0, 0.1) is 12.8 Å². The van der Waals surface area contributed by atoms with Crippen LogP contribution in [0.15, 0.2) is 53.4 Å². The fraction of sp³-hybridized carbons (Fsp3) is 0.350. The van der Waals surface area contributed by atoms with Crippen LogP contribution in [0.25, 0.3) is 0 Å². The van der Waals surface area contributed by atoms with Gasteiger partial charge in [-0.3, -0.25) is 4.79 Å². The molecule has 7 heteroatoms. The number of amides is 1. The molecule has 144 valence electrons. The van der Waals surface area contributed by atoms with Gasteiger partial charge in [-0.15, -0.1) is 0 Å². The van der Waals surface area contributed by atoms with Crippen molar-refractivity contribution in [3.05, 3.63) is 59.7 Å². The van der Waals surface area contributed by atoms with Gasteiger partial charge in [-0.25, -0.2) is 13.1 Å². The highest BCUT2D eigenvalue weighted by Gasteiger charge is 2.25. The van der Waals surface area contributed by atoms with Crippen molar-refractivity contribution in [2.24, 2.45) is 5.92 Å². The average Bonchev–Trinajstić information content (AvgIpc) is 2.67. The SMILES string of the molecule is Cc1ccc(S(=O)(=O)NCCCNC(=O)C2COc3ccccc3C2)cc1. The molecule has 1 aliphatic rings. The van der Waals surface area contributed by atoms with Gasteiger partial charge in [-0.2, -0.15) is 0 Å². The lowest BCUT2D eigenvalue weighted by atomic mass is 9.96. The summed E-state index contributed by atoms with van der Waals surface area (Å²) in [5, 5.41) is 2.86. The van der Waals surface area contributed by atoms with Gasteiger partial charge in [0, 0.05) is 13.1 Å². The second kappa shape index (κ2) is 8.54. The number of hydrogen-bond donors (Lipinski definition) is 2. The Morgan fingerprint density at radius 1 is 1.11 bits per heavy atom. The molecule has 1 amide bonds. The standard InChI is InChI=1S/C20H24N2O4S/c1-15-7-9-18(10-8-15)27(24,25)22-12-4-11-21-20(23)17-13-16-5-2-3-6-19(16)26-14-17/h2-3,5-10,17,22H,4,11-14H2,1H3,(H,21,23). The quantitative estimate of drug-likeness (QED) is 0.711. The first kappa shape index (κ1) is 19.4. The number of para-hydroxylation sites is 1. The zero-order valence-electron chi connectivity index (χ0n) is 15.3. The summed E-state index contributed by atoms with van der Waals surface area (Å²) < 4.78 is 32.6. The Hall–Kier alpha value is -2.38. The maximum atomic E-state index is 12.3. The van der Waals surface area contributed by atoms with Gasteiger partial charge in [0.1, 0.15) is 12.4 Å². The molecule has 0 saturated carbocycles. The van der Waals surface area contributed by atoms with E-state index in [9.17, 15) is 13.2 Å². The lowest BCUT2D eigenvalue weighted by Crippen LogP contribution is -2.38. The number of hydrogen-bond acceptors (Lipinski definition) is 4. The highest BCUT2D eigenvalue weighted by atomic mass is 32.2. The number of carbonyl (C=O) groups is 1. The Balaban J connectivity index is 1.40. The van der Waals surface area contributed by atoms with Gasteiger partial charge in [0.2, 0.25) is 15.9 Å². The number of benzene rings is 2. The largest absolute Gasteiger partial charge is 0.492 e. The molecule has 0 aromatic heterocycles. The van der Waals surface area contributed by atoms with Crippen molar-refractivity contribution in [3.8, 4) is 5.75 Å². The molecule has 27 heavy (non-hydrogen) atoms. The van der Waals surface area contributed by atoms with E-state index in [-0.39, 0.29) is 23.3 Å². The monoisotopic (exact) mass is 388 g/mol. The molecule has 1 atom stereocenters. The van der Waals surface area contributed by atoms with Gasteiger partial charge in [0.15, 0.2) is 0 Å². The molecular weight excluding hydrogens is 364 g/mol. The lowest BCUT2D eigenvalue weighted by Gasteiger charge is -2.24. The first-order chi connectivity index (χ1) is 13.0. The Morgan fingerprint density at radius 3 is 2.63 bits per heavy atom. The summed E-state index contributed by atoms with van der Waals surface area (Å²) in [4.78, 5) is 12.5. The van der Waals surface area contributed by atoms with Crippen LogP contribution in [-0.2, 0) is 21.2 Å². The predicted octanol–water partition coefficient (Wildman–Crippen LogP) is 2.03. The molecule has 2 aromatic rings. The van der Waals surface area contributed by atoms with Crippen molar-refractivity contribution >= 4 is 15.9 Å². The fourth-order valence-corrected chi connectivity index (χ4v) is 4.02. The van der Waals surface area contributed by atoms with E-state index >= 15 is 0 Å². The molecule has 6 nitrogen and oxygen atoms in total. The summed E-state index contributed by atoms with van der Waals surface area (Å²) in [6.45, 7) is 2.94. The average molecular weight is 388 g/mol. The maximum Gasteiger partial charge on any atom is 0.240 e. The van der Waals surface area contributed by atoms with E-state index in [4.69, 9.17) is 4.74 Å². The number of nitrogens with one attached hydrogen (secondary N) is 2. The normalized spacial score (nSPS) is 16.3. The van der Waals surface area contributed by atoms with Gasteiger partial charge in [0.05, 0.1) is 10.8 Å². The summed E-state index contributed by atoms with van der Waals surface area (Å²) in [7, 11) is -3.51. The van der Waals surface area contributed by atoms with Gasteiger partial charge in [-0.1, -0.05) is 35.9 Å². The van der Waals surface area contributed by atoms with Crippen LogP contribution in [0.3, 0.4) is 0 Å². The van der Waals surface area contributed by atoms with Crippen molar-refractivity contribution in [1.82, 2.24) is 10.0 Å². The Morgan fingerprint density at radius 2 is 1.85 bits per heavy atom. The lowest BCUT2D eigenvalue weighted by molar-refractivity contribution is -0.126. The Bertz CT molecular complexity index is 894. The highest BCUT2D eigenvalue weighted by molar-refractivity contribution is 7.89. The Kier molecular flexibility index (Phi) is 6.13. The second-order valence-corrected chi connectivity index (χ2v) is 8.44. The van der Waals surface area contributed by atoms with Crippen molar-refractivity contribution in [2.75, 3.05) is 19.7 Å². The second-order valence-electron chi connectivity index (χ2n) is 6.68. The van der Waals surface area contributed by atoms with Crippen LogP contribution in [0.1, 0.15) is 17.5 Å². The third-order valence-corrected chi connectivity index (χ3v) is 6.00. The molecule has 0 fully saturated rings. The van der Waals surface area contributed by atoms with Crippen molar-refractivity contribution in [2.45, 2.75) is 24.7 Å². The zero-order valence-corrected chi connectivity index (χ0v) is 16.1. The molecule has 0 saturated heterocycles. The number of fused-ring (bicyclic) bond motifs is 1. The van der Waals surface area contributed by atoms with E-state index in [1.165, 1.54) is 0 Å². The molecule has 0 aliphatic carbocycles. The van der Waals surface area contributed by atoms with Crippen molar-refractivity contribution in [3.63, 3.8) is 0 Å². The molecule has 1 heterocycles. The molecule has 1 unspecified atom stereocenters. The van der Waals surface area contributed by atoms with Crippen LogP contribution in [0.5, 0.6) is 5.75 Å². The van der Waals surface area contributed by atoms with Crippen molar-refractivity contribution in [1.29, 1.82) is 0 Å². The highest BCUT2D eigenvalue weighted by Crippen LogP contribution is 2.26. The summed E-state index contributed by atoms with van der Waals surface area (Å²) >= 11 is 0. The smallest absolute Gasteiger partial charge is 0.240 e. The van der Waals surface area contributed by atoms with E-state index in [0.717, 1.165) is 16.9 Å². The topological polar surface area (TPSA) is 84.5 Å². The van der Waals surface area contributed by atoms with E-state index in [0.29, 0.717) is 26.0 Å². The summed E-state index contributed by atoms with van der Waals surface area (Å²) in [6.07, 6.45) is 1.17. The number of aryl methyl sites for hydroxylation is 1. The molecule has 0 bridgehead atoms. The number of ether oxygens (including phenoxy) is 1. The first-order valence-electron chi connectivity index (χ1n) is 9.00. The fourth-order valence-electron chi connectivity index (χ4n) is 2.95. The number of rotatable bonds is 7. The minimum atomic E-state index is -3.51. The molecule has 2 N–H and O–H groups in total. The molecule has 1 aliphatic heterocycles. The van der Waals surface area contributed by atoms with Crippen LogP contribution in [0.2, 0.25) is 0 Å². The summed E-state index contributed by atoms with van der Waals surface area (Å²) in [5.74, 6) is 0.558. The number of carbonyl (C=O) groups excluding carboxylic acids is 1. The van der Waals surface area contributed by atoms with Crippen molar-refractivity contribution < 1.29 is 17.9 Å². The van der Waals surface area contributed by atoms with Gasteiger partial charge in [0.25, 0.3) is 0 Å². The van der Waals surface area contributed by atoms with Gasteiger partial charge < -0.3 is 10.1 Å². The third-order valence-electron chi connectivity index (χ3n) is 4.53. The molecular formula is C20H24N2O4S.